The number of halogens is 1. The third kappa shape index (κ3) is 3.59. The van der Waals surface area contributed by atoms with Gasteiger partial charge in [0.2, 0.25) is 0 Å². The number of nitrogens with zero attached hydrogens (tertiary/aromatic N) is 3. The van der Waals surface area contributed by atoms with Crippen LogP contribution < -0.4 is 15.5 Å². The van der Waals surface area contributed by atoms with Gasteiger partial charge >= 0.3 is 11.8 Å². The number of nitrogens with one attached hydrogen (secondary N) is 2. The molecule has 0 radical (unpaired) electrons. The molecular weight excluding hydrogens is 414 g/mol. The molecule has 0 aliphatic carbocycles. The van der Waals surface area contributed by atoms with Crippen LogP contribution in [0.25, 0.3) is 0 Å². The van der Waals surface area contributed by atoms with E-state index in [1.54, 1.807) is 28.9 Å². The molecule has 1 aromatic carbocycles. The monoisotopic (exact) mass is 433 g/mol. The van der Waals surface area contributed by atoms with E-state index in [1.165, 1.54) is 0 Å². The van der Waals surface area contributed by atoms with Crippen molar-refractivity contribution in [1.29, 1.82) is 0 Å². The number of hydrogen-bond acceptors (Lipinski definition) is 4. The fourth-order valence-corrected chi connectivity index (χ4v) is 3.42. The summed E-state index contributed by atoms with van der Waals surface area (Å²) in [7, 11) is 1.80. The highest BCUT2D eigenvalue weighted by Gasteiger charge is 2.38. The van der Waals surface area contributed by atoms with Gasteiger partial charge in [-0.2, -0.15) is 5.10 Å². The van der Waals surface area contributed by atoms with Gasteiger partial charge in [0.25, 0.3) is 5.91 Å². The lowest BCUT2D eigenvalue weighted by Crippen LogP contribution is -2.44. The Hall–Kier alpha value is -2.68. The molecule has 9 heteroatoms. The van der Waals surface area contributed by atoms with Crippen LogP contribution in [0.2, 0.25) is 0 Å². The number of amides is 3. The SMILES string of the molecule is CCN1C(=O)C(NC(=O)C(=O)NCc2cnn(C)c2C)c2cc(Br)ccc21. The van der Waals surface area contributed by atoms with Gasteiger partial charge in [-0.05, 0) is 32.0 Å². The summed E-state index contributed by atoms with van der Waals surface area (Å²) in [5.74, 6) is -1.90. The fraction of sp³-hybridized carbons (Fsp3) is 0.333. The molecule has 1 aromatic heterocycles. The van der Waals surface area contributed by atoms with Crippen LogP contribution in [0.5, 0.6) is 0 Å². The largest absolute Gasteiger partial charge is 0.344 e. The number of carbonyl (C=O) groups excluding carboxylic acids is 3. The summed E-state index contributed by atoms with van der Waals surface area (Å²) in [6.45, 7) is 4.40. The Balaban J connectivity index is 1.70. The van der Waals surface area contributed by atoms with Crippen molar-refractivity contribution < 1.29 is 14.4 Å². The maximum atomic E-state index is 12.6. The molecule has 142 valence electrons. The summed E-state index contributed by atoms with van der Waals surface area (Å²) in [5, 5.41) is 9.21. The predicted molar refractivity (Wildman–Crippen MR) is 103 cm³/mol. The van der Waals surface area contributed by atoms with Crippen LogP contribution in [0.15, 0.2) is 28.9 Å². The Morgan fingerprint density at radius 3 is 2.67 bits per heavy atom. The normalized spacial score (nSPS) is 15.6. The first-order valence-electron chi connectivity index (χ1n) is 8.50. The van der Waals surface area contributed by atoms with E-state index in [0.717, 1.165) is 21.4 Å². The van der Waals surface area contributed by atoms with Crippen LogP contribution in [0.4, 0.5) is 5.69 Å². The Bertz CT molecular complexity index is 924. The van der Waals surface area contributed by atoms with Gasteiger partial charge in [0.15, 0.2) is 0 Å². The van der Waals surface area contributed by atoms with Crippen LogP contribution in [0.1, 0.15) is 29.8 Å². The predicted octanol–water partition coefficient (Wildman–Crippen LogP) is 1.33. The Labute approximate surface area is 165 Å². The highest BCUT2D eigenvalue weighted by Crippen LogP contribution is 2.37. The summed E-state index contributed by atoms with van der Waals surface area (Å²) in [4.78, 5) is 38.7. The lowest BCUT2D eigenvalue weighted by atomic mass is 10.1. The molecule has 2 heterocycles. The second-order valence-electron chi connectivity index (χ2n) is 6.25. The highest BCUT2D eigenvalue weighted by molar-refractivity contribution is 9.10. The molecule has 1 unspecified atom stereocenters. The molecule has 0 spiro atoms. The molecule has 1 aliphatic rings. The van der Waals surface area contributed by atoms with Crippen LogP contribution >= 0.6 is 15.9 Å². The van der Waals surface area contributed by atoms with Crippen LogP contribution in [0, 0.1) is 6.92 Å². The number of aromatic nitrogens is 2. The van der Waals surface area contributed by atoms with E-state index in [-0.39, 0.29) is 12.5 Å². The van der Waals surface area contributed by atoms with E-state index >= 15 is 0 Å². The van der Waals surface area contributed by atoms with Gasteiger partial charge in [-0.1, -0.05) is 15.9 Å². The van der Waals surface area contributed by atoms with Gasteiger partial charge in [-0.3, -0.25) is 19.1 Å². The van der Waals surface area contributed by atoms with Crippen molar-refractivity contribution in [3.8, 4) is 0 Å². The number of rotatable bonds is 4. The molecule has 0 bridgehead atoms. The zero-order valence-electron chi connectivity index (χ0n) is 15.2. The highest BCUT2D eigenvalue weighted by atomic mass is 79.9. The first-order valence-corrected chi connectivity index (χ1v) is 9.29. The lowest BCUT2D eigenvalue weighted by molar-refractivity contribution is -0.140. The number of likely N-dealkylation sites (N-methyl/N-ethyl adjacent to an activating group) is 1. The minimum atomic E-state index is -0.879. The number of benzene rings is 1. The van der Waals surface area contributed by atoms with E-state index in [2.05, 4.69) is 31.7 Å². The Morgan fingerprint density at radius 2 is 2.04 bits per heavy atom. The number of aryl methyl sites for hydroxylation is 1. The summed E-state index contributed by atoms with van der Waals surface area (Å²) in [6, 6.07) is 4.56. The fourth-order valence-electron chi connectivity index (χ4n) is 3.05. The van der Waals surface area contributed by atoms with Gasteiger partial charge in [0.05, 0.1) is 6.20 Å². The summed E-state index contributed by atoms with van der Waals surface area (Å²) >= 11 is 3.38. The van der Waals surface area contributed by atoms with Crippen molar-refractivity contribution in [1.82, 2.24) is 20.4 Å². The summed E-state index contributed by atoms with van der Waals surface area (Å²) in [6.07, 6.45) is 1.64. The van der Waals surface area contributed by atoms with Crippen molar-refractivity contribution in [2.24, 2.45) is 7.05 Å². The van der Waals surface area contributed by atoms with E-state index in [0.29, 0.717) is 12.1 Å². The molecule has 3 rings (SSSR count). The van der Waals surface area contributed by atoms with E-state index in [9.17, 15) is 14.4 Å². The van der Waals surface area contributed by atoms with E-state index in [1.807, 2.05) is 26.0 Å². The molecule has 0 saturated heterocycles. The molecule has 27 heavy (non-hydrogen) atoms. The molecule has 0 saturated carbocycles. The number of fused-ring (bicyclic) bond motifs is 1. The molecule has 2 aromatic rings. The zero-order chi connectivity index (χ0) is 19.7. The van der Waals surface area contributed by atoms with Crippen LogP contribution in [-0.2, 0) is 28.0 Å². The molecule has 1 atom stereocenters. The van der Waals surface area contributed by atoms with Gasteiger partial charge < -0.3 is 15.5 Å². The first-order chi connectivity index (χ1) is 12.8. The number of anilines is 1. The average Bonchev–Trinajstić information content (AvgIpc) is 3.10. The van der Waals surface area contributed by atoms with Crippen molar-refractivity contribution in [3.05, 3.63) is 45.7 Å². The molecular formula is C18H20BrN5O3. The lowest BCUT2D eigenvalue weighted by Gasteiger charge is -2.15. The maximum absolute atomic E-state index is 12.6. The number of hydrogen-bond donors (Lipinski definition) is 2. The van der Waals surface area contributed by atoms with Crippen LogP contribution in [-0.4, -0.2) is 34.0 Å². The standard InChI is InChI=1S/C18H20BrN5O3/c1-4-24-14-6-5-12(19)7-13(14)15(18(24)27)22-17(26)16(25)20-8-11-9-21-23(3)10(11)2/h5-7,9,15H,4,8H2,1-3H3,(H,20,25)(H,22,26). The minimum Gasteiger partial charge on any atom is -0.344 e. The molecule has 1 aliphatic heterocycles. The minimum absolute atomic E-state index is 0.188. The Kier molecular flexibility index (Phi) is 5.31. The second-order valence-corrected chi connectivity index (χ2v) is 7.17. The first kappa shape index (κ1) is 19.1. The van der Waals surface area contributed by atoms with Crippen molar-refractivity contribution >= 4 is 39.3 Å². The average molecular weight is 434 g/mol. The molecule has 0 fully saturated rings. The Morgan fingerprint density at radius 1 is 1.30 bits per heavy atom. The second kappa shape index (κ2) is 7.51. The van der Waals surface area contributed by atoms with Gasteiger partial charge in [0, 0.05) is 47.1 Å². The van der Waals surface area contributed by atoms with E-state index < -0.39 is 17.9 Å². The molecule has 3 amide bonds. The third-order valence-electron chi connectivity index (χ3n) is 4.68. The van der Waals surface area contributed by atoms with Gasteiger partial charge in [-0.25, -0.2) is 0 Å². The summed E-state index contributed by atoms with van der Waals surface area (Å²) in [5.41, 5.74) is 3.13. The van der Waals surface area contributed by atoms with E-state index in [4.69, 9.17) is 0 Å². The summed E-state index contributed by atoms with van der Waals surface area (Å²) < 4.78 is 2.48. The molecule has 8 nitrogen and oxygen atoms in total. The number of carbonyl (C=O) groups is 3. The maximum Gasteiger partial charge on any atom is 0.310 e. The van der Waals surface area contributed by atoms with Crippen molar-refractivity contribution in [3.63, 3.8) is 0 Å². The molecule has 2 N–H and O–H groups in total. The van der Waals surface area contributed by atoms with Crippen LogP contribution in [0.3, 0.4) is 0 Å². The smallest absolute Gasteiger partial charge is 0.310 e. The van der Waals surface area contributed by atoms with Gasteiger partial charge in [0.1, 0.15) is 6.04 Å². The van der Waals surface area contributed by atoms with Gasteiger partial charge in [-0.15, -0.1) is 0 Å². The van der Waals surface area contributed by atoms with Crippen molar-refractivity contribution in [2.45, 2.75) is 26.4 Å². The third-order valence-corrected chi connectivity index (χ3v) is 5.17. The quantitative estimate of drug-likeness (QED) is 0.710. The van der Waals surface area contributed by atoms with Crippen molar-refractivity contribution in [2.75, 3.05) is 11.4 Å². The zero-order valence-corrected chi connectivity index (χ0v) is 16.8. The topological polar surface area (TPSA) is 96.3 Å².